The lowest BCUT2D eigenvalue weighted by Crippen LogP contribution is -2.29. The van der Waals surface area contributed by atoms with Crippen LogP contribution in [0, 0.1) is 12.3 Å². The van der Waals surface area contributed by atoms with E-state index in [0.29, 0.717) is 6.54 Å². The van der Waals surface area contributed by atoms with Gasteiger partial charge in [-0.2, -0.15) is 0 Å². The van der Waals surface area contributed by atoms with Crippen molar-refractivity contribution < 1.29 is 15.0 Å². The van der Waals surface area contributed by atoms with Crippen LogP contribution < -0.4 is 0 Å². The molecule has 1 aromatic rings. The number of carboxylic acid groups (broad SMARTS) is 1. The maximum Gasteiger partial charge on any atom is 0.317 e. The molecule has 0 unspecified atom stereocenters. The van der Waals surface area contributed by atoms with E-state index in [9.17, 15) is 4.79 Å². The van der Waals surface area contributed by atoms with Crippen molar-refractivity contribution in [3.05, 3.63) is 29.8 Å². The summed E-state index contributed by atoms with van der Waals surface area (Å²) >= 11 is 0. The van der Waals surface area contributed by atoms with Crippen LogP contribution in [0.15, 0.2) is 24.3 Å². The van der Waals surface area contributed by atoms with E-state index in [1.54, 1.807) is 29.2 Å². The number of nitrogens with zero attached hydrogens (tertiary/aromatic N) is 1. The van der Waals surface area contributed by atoms with Gasteiger partial charge in [-0.15, -0.1) is 6.42 Å². The van der Waals surface area contributed by atoms with Gasteiger partial charge in [-0.3, -0.25) is 9.69 Å². The summed E-state index contributed by atoms with van der Waals surface area (Å²) in [6, 6.07) is 6.59. The lowest BCUT2D eigenvalue weighted by molar-refractivity contribution is -0.138. The smallest absolute Gasteiger partial charge is 0.317 e. The number of phenolic OH excluding ortho intramolecular Hbond substituents is 1. The number of carbonyl (C=O) groups is 1. The summed E-state index contributed by atoms with van der Waals surface area (Å²) in [5.41, 5.74) is 0.911. The first-order valence-electron chi connectivity index (χ1n) is 4.77. The fourth-order valence-electron chi connectivity index (χ4n) is 1.35. The highest BCUT2D eigenvalue weighted by atomic mass is 16.4. The van der Waals surface area contributed by atoms with Gasteiger partial charge in [0.05, 0.1) is 13.1 Å². The quantitative estimate of drug-likeness (QED) is 0.723. The van der Waals surface area contributed by atoms with Gasteiger partial charge in [0.2, 0.25) is 0 Å². The fourth-order valence-corrected chi connectivity index (χ4v) is 1.35. The van der Waals surface area contributed by atoms with E-state index < -0.39 is 5.97 Å². The third kappa shape index (κ3) is 4.03. The monoisotopic (exact) mass is 219 g/mol. The number of hydrogen-bond acceptors (Lipinski definition) is 3. The molecule has 0 aliphatic carbocycles. The Morgan fingerprint density at radius 1 is 1.38 bits per heavy atom. The van der Waals surface area contributed by atoms with Gasteiger partial charge >= 0.3 is 5.97 Å². The highest BCUT2D eigenvalue weighted by molar-refractivity contribution is 5.69. The highest BCUT2D eigenvalue weighted by Crippen LogP contribution is 2.11. The van der Waals surface area contributed by atoms with Crippen LogP contribution in [0.4, 0.5) is 0 Å². The van der Waals surface area contributed by atoms with Crippen LogP contribution in [-0.2, 0) is 11.3 Å². The summed E-state index contributed by atoms with van der Waals surface area (Å²) in [7, 11) is 0. The van der Waals surface area contributed by atoms with Gasteiger partial charge in [0.25, 0.3) is 0 Å². The second-order valence-electron chi connectivity index (χ2n) is 3.41. The minimum absolute atomic E-state index is 0.0922. The van der Waals surface area contributed by atoms with Gasteiger partial charge in [0.1, 0.15) is 5.75 Å². The van der Waals surface area contributed by atoms with Crippen molar-refractivity contribution in [3.8, 4) is 18.1 Å². The Bertz CT molecular complexity index is 392. The molecule has 0 bridgehead atoms. The van der Waals surface area contributed by atoms with Gasteiger partial charge in [-0.05, 0) is 17.7 Å². The second-order valence-corrected chi connectivity index (χ2v) is 3.41. The average molecular weight is 219 g/mol. The van der Waals surface area contributed by atoms with Gasteiger partial charge in [-0.1, -0.05) is 18.1 Å². The molecule has 0 saturated heterocycles. The number of terminal acetylenes is 1. The lowest BCUT2D eigenvalue weighted by atomic mass is 10.2. The van der Waals surface area contributed by atoms with Crippen LogP contribution in [0.25, 0.3) is 0 Å². The number of aromatic hydroxyl groups is 1. The van der Waals surface area contributed by atoms with E-state index in [1.807, 2.05) is 0 Å². The van der Waals surface area contributed by atoms with Crippen molar-refractivity contribution in [2.75, 3.05) is 13.1 Å². The summed E-state index contributed by atoms with van der Waals surface area (Å²) in [4.78, 5) is 12.2. The van der Waals surface area contributed by atoms with Crippen molar-refractivity contribution in [2.24, 2.45) is 0 Å². The summed E-state index contributed by atoms with van der Waals surface area (Å²) in [5, 5.41) is 17.8. The summed E-state index contributed by atoms with van der Waals surface area (Å²) < 4.78 is 0. The van der Waals surface area contributed by atoms with Gasteiger partial charge in [0.15, 0.2) is 0 Å². The second kappa shape index (κ2) is 5.79. The molecule has 0 aliphatic rings. The number of hydrogen-bond donors (Lipinski definition) is 2. The van der Waals surface area contributed by atoms with Gasteiger partial charge in [0, 0.05) is 6.54 Å². The Hall–Kier alpha value is -1.99. The minimum Gasteiger partial charge on any atom is -0.508 e. The van der Waals surface area contributed by atoms with Crippen molar-refractivity contribution in [2.45, 2.75) is 6.54 Å². The number of benzene rings is 1. The average Bonchev–Trinajstić information content (AvgIpc) is 2.21. The zero-order chi connectivity index (χ0) is 12.0. The summed E-state index contributed by atoms with van der Waals surface area (Å²) in [5.74, 6) is 1.70. The molecular formula is C12H13NO3. The maximum absolute atomic E-state index is 10.6. The van der Waals surface area contributed by atoms with E-state index in [-0.39, 0.29) is 18.8 Å². The van der Waals surface area contributed by atoms with Crippen molar-refractivity contribution in [3.63, 3.8) is 0 Å². The van der Waals surface area contributed by atoms with Crippen LogP contribution in [0.5, 0.6) is 5.75 Å². The summed E-state index contributed by atoms with van der Waals surface area (Å²) in [6.07, 6.45) is 5.16. The molecule has 0 amide bonds. The first-order chi connectivity index (χ1) is 7.61. The van der Waals surface area contributed by atoms with Crippen molar-refractivity contribution in [1.29, 1.82) is 0 Å². The molecule has 1 rings (SSSR count). The Kier molecular flexibility index (Phi) is 4.37. The Morgan fingerprint density at radius 3 is 2.50 bits per heavy atom. The molecule has 0 heterocycles. The van der Waals surface area contributed by atoms with Gasteiger partial charge < -0.3 is 10.2 Å². The molecule has 0 aromatic heterocycles. The molecule has 4 heteroatoms. The molecular weight excluding hydrogens is 206 g/mol. The van der Waals surface area contributed by atoms with Crippen LogP contribution >= 0.6 is 0 Å². The predicted octanol–water partition coefficient (Wildman–Crippen LogP) is 0.912. The molecule has 4 nitrogen and oxygen atoms in total. The first kappa shape index (κ1) is 12.1. The van der Waals surface area contributed by atoms with E-state index in [0.717, 1.165) is 5.56 Å². The fraction of sp³-hybridized carbons (Fsp3) is 0.250. The summed E-state index contributed by atoms with van der Waals surface area (Å²) in [6.45, 7) is 0.648. The SMILES string of the molecule is C#CCN(CC(=O)O)Cc1ccc(O)cc1. The van der Waals surface area contributed by atoms with Crippen molar-refractivity contribution >= 4 is 5.97 Å². The topological polar surface area (TPSA) is 60.8 Å². The maximum atomic E-state index is 10.6. The van der Waals surface area contributed by atoms with E-state index in [4.69, 9.17) is 16.6 Å². The lowest BCUT2D eigenvalue weighted by Gasteiger charge is -2.17. The van der Waals surface area contributed by atoms with Crippen LogP contribution in [0.1, 0.15) is 5.56 Å². The molecule has 16 heavy (non-hydrogen) atoms. The number of rotatable bonds is 5. The van der Waals surface area contributed by atoms with Crippen LogP contribution in [0.3, 0.4) is 0 Å². The minimum atomic E-state index is -0.908. The third-order valence-electron chi connectivity index (χ3n) is 2.02. The molecule has 84 valence electrons. The highest BCUT2D eigenvalue weighted by Gasteiger charge is 2.08. The zero-order valence-electron chi connectivity index (χ0n) is 8.76. The normalized spacial score (nSPS) is 10.0. The molecule has 0 radical (unpaired) electrons. The Labute approximate surface area is 94.1 Å². The van der Waals surface area contributed by atoms with Crippen molar-refractivity contribution in [1.82, 2.24) is 4.90 Å². The molecule has 0 saturated carbocycles. The largest absolute Gasteiger partial charge is 0.508 e. The van der Waals surface area contributed by atoms with Gasteiger partial charge in [-0.25, -0.2) is 0 Å². The molecule has 2 N–H and O–H groups in total. The first-order valence-corrected chi connectivity index (χ1v) is 4.77. The molecule has 0 atom stereocenters. The zero-order valence-corrected chi connectivity index (χ0v) is 8.76. The standard InChI is InChI=1S/C12H13NO3/c1-2-7-13(9-12(15)16)8-10-3-5-11(14)6-4-10/h1,3-6,14H,7-9H2,(H,15,16). The molecule has 1 aromatic carbocycles. The molecule has 0 fully saturated rings. The van der Waals surface area contributed by atoms with E-state index >= 15 is 0 Å². The van der Waals surface area contributed by atoms with Crippen LogP contribution in [0.2, 0.25) is 0 Å². The molecule has 0 aliphatic heterocycles. The third-order valence-corrected chi connectivity index (χ3v) is 2.02. The number of carboxylic acids is 1. The predicted molar refractivity (Wildman–Crippen MR) is 59.9 cm³/mol. The number of phenols is 1. The van der Waals surface area contributed by atoms with Crippen LogP contribution in [-0.4, -0.2) is 34.2 Å². The van der Waals surface area contributed by atoms with E-state index in [1.165, 1.54) is 0 Å². The Balaban J connectivity index is 2.64. The number of aliphatic carboxylic acids is 1. The molecule has 0 spiro atoms. The van der Waals surface area contributed by atoms with E-state index in [2.05, 4.69) is 5.92 Å². The Morgan fingerprint density at radius 2 is 2.00 bits per heavy atom.